The van der Waals surface area contributed by atoms with Gasteiger partial charge in [-0.05, 0) is 31.9 Å². The molecule has 2 unspecified atom stereocenters. The van der Waals surface area contributed by atoms with E-state index in [1.807, 2.05) is 35.7 Å². The standard InChI is InChI=1S/C18H22N2O4S/c1-13(23-11-16-8-5-9-22-16)17(21)24-10-15-12-25-18(20-15)19-14-6-3-2-4-7-14/h2-4,6-7,12-13,16H,5,8-11H2,1H3,(H,19,20). The lowest BCUT2D eigenvalue weighted by atomic mass is 10.2. The fourth-order valence-electron chi connectivity index (χ4n) is 2.43. The van der Waals surface area contributed by atoms with Crippen LogP contribution in [0.1, 0.15) is 25.5 Å². The number of benzene rings is 1. The quantitative estimate of drug-likeness (QED) is 0.725. The molecule has 0 spiro atoms. The molecule has 1 aromatic heterocycles. The largest absolute Gasteiger partial charge is 0.457 e. The van der Waals surface area contributed by atoms with E-state index < -0.39 is 6.10 Å². The van der Waals surface area contributed by atoms with Gasteiger partial charge in [0, 0.05) is 17.7 Å². The van der Waals surface area contributed by atoms with Crippen LogP contribution in [0.5, 0.6) is 0 Å². The van der Waals surface area contributed by atoms with Crippen molar-refractivity contribution in [3.63, 3.8) is 0 Å². The first-order valence-electron chi connectivity index (χ1n) is 8.37. The van der Waals surface area contributed by atoms with Crippen molar-refractivity contribution in [2.75, 3.05) is 18.5 Å². The van der Waals surface area contributed by atoms with E-state index in [2.05, 4.69) is 10.3 Å². The molecule has 2 aromatic rings. The smallest absolute Gasteiger partial charge is 0.335 e. The van der Waals surface area contributed by atoms with Crippen LogP contribution in [0.3, 0.4) is 0 Å². The molecular weight excluding hydrogens is 340 g/mol. The zero-order valence-electron chi connectivity index (χ0n) is 14.1. The molecule has 1 aliphatic heterocycles. The van der Waals surface area contributed by atoms with Crippen molar-refractivity contribution in [3.8, 4) is 0 Å². The number of rotatable bonds is 8. The lowest BCUT2D eigenvalue weighted by molar-refractivity contribution is -0.159. The van der Waals surface area contributed by atoms with Gasteiger partial charge in [0.15, 0.2) is 11.2 Å². The summed E-state index contributed by atoms with van der Waals surface area (Å²) < 4.78 is 16.3. The van der Waals surface area contributed by atoms with E-state index >= 15 is 0 Å². The van der Waals surface area contributed by atoms with Crippen molar-refractivity contribution >= 4 is 28.1 Å². The molecule has 1 aromatic carbocycles. The highest BCUT2D eigenvalue weighted by Crippen LogP contribution is 2.21. The van der Waals surface area contributed by atoms with Gasteiger partial charge in [-0.1, -0.05) is 18.2 Å². The van der Waals surface area contributed by atoms with Gasteiger partial charge in [0.25, 0.3) is 0 Å². The molecule has 0 bridgehead atoms. The van der Waals surface area contributed by atoms with Crippen molar-refractivity contribution in [1.29, 1.82) is 0 Å². The zero-order valence-corrected chi connectivity index (χ0v) is 15.0. The number of nitrogens with one attached hydrogen (secondary N) is 1. The average Bonchev–Trinajstić information content (AvgIpc) is 3.30. The van der Waals surface area contributed by atoms with E-state index in [0.717, 1.165) is 30.3 Å². The number of carbonyl (C=O) groups is 1. The molecule has 2 heterocycles. The van der Waals surface area contributed by atoms with Gasteiger partial charge in [-0.2, -0.15) is 0 Å². The highest BCUT2D eigenvalue weighted by molar-refractivity contribution is 7.13. The number of aromatic nitrogens is 1. The van der Waals surface area contributed by atoms with Gasteiger partial charge >= 0.3 is 5.97 Å². The summed E-state index contributed by atoms with van der Waals surface area (Å²) in [4.78, 5) is 16.4. The highest BCUT2D eigenvalue weighted by Gasteiger charge is 2.21. The number of carbonyl (C=O) groups excluding carboxylic acids is 1. The molecule has 3 rings (SSSR count). The van der Waals surface area contributed by atoms with Crippen molar-refractivity contribution in [2.24, 2.45) is 0 Å². The monoisotopic (exact) mass is 362 g/mol. The Morgan fingerprint density at radius 1 is 1.44 bits per heavy atom. The van der Waals surface area contributed by atoms with E-state index in [4.69, 9.17) is 14.2 Å². The number of hydrogen-bond donors (Lipinski definition) is 1. The van der Waals surface area contributed by atoms with Crippen molar-refractivity contribution in [1.82, 2.24) is 4.98 Å². The number of ether oxygens (including phenoxy) is 3. The van der Waals surface area contributed by atoms with E-state index in [-0.39, 0.29) is 18.7 Å². The summed E-state index contributed by atoms with van der Waals surface area (Å²) >= 11 is 1.47. The number of nitrogens with zero attached hydrogens (tertiary/aromatic N) is 1. The van der Waals surface area contributed by atoms with Crippen LogP contribution in [0, 0.1) is 0 Å². The summed E-state index contributed by atoms with van der Waals surface area (Å²) in [5.74, 6) is -0.386. The summed E-state index contributed by atoms with van der Waals surface area (Å²) in [6.07, 6.45) is 1.53. The van der Waals surface area contributed by atoms with Gasteiger partial charge in [0.1, 0.15) is 6.61 Å². The summed E-state index contributed by atoms with van der Waals surface area (Å²) in [6.45, 7) is 3.04. The molecule has 0 radical (unpaired) electrons. The Balaban J connectivity index is 1.41. The van der Waals surface area contributed by atoms with Gasteiger partial charge in [-0.15, -0.1) is 11.3 Å². The molecule has 1 aliphatic rings. The van der Waals surface area contributed by atoms with Gasteiger partial charge in [0.2, 0.25) is 0 Å². The maximum Gasteiger partial charge on any atom is 0.335 e. The Labute approximate surface area is 151 Å². The predicted octanol–water partition coefficient (Wildman–Crippen LogP) is 3.51. The molecular formula is C18H22N2O4S. The fraction of sp³-hybridized carbons (Fsp3) is 0.444. The fourth-order valence-corrected chi connectivity index (χ4v) is 3.15. The van der Waals surface area contributed by atoms with Gasteiger partial charge in [-0.25, -0.2) is 9.78 Å². The van der Waals surface area contributed by atoms with Gasteiger partial charge in [0.05, 0.1) is 18.4 Å². The number of thiazole rings is 1. The average molecular weight is 362 g/mol. The summed E-state index contributed by atoms with van der Waals surface area (Å²) in [5, 5.41) is 5.85. The first kappa shape index (κ1) is 17.8. The number of anilines is 2. The van der Waals surface area contributed by atoms with Crippen LogP contribution in [-0.2, 0) is 25.6 Å². The van der Waals surface area contributed by atoms with Crippen LogP contribution in [0.25, 0.3) is 0 Å². The molecule has 25 heavy (non-hydrogen) atoms. The lowest BCUT2D eigenvalue weighted by Crippen LogP contribution is -2.27. The van der Waals surface area contributed by atoms with Crippen LogP contribution in [0.4, 0.5) is 10.8 Å². The van der Waals surface area contributed by atoms with Gasteiger partial charge < -0.3 is 19.5 Å². The van der Waals surface area contributed by atoms with Crippen molar-refractivity contribution in [2.45, 2.75) is 38.6 Å². The number of para-hydroxylation sites is 1. The minimum atomic E-state index is -0.607. The summed E-state index contributed by atoms with van der Waals surface area (Å²) in [5.41, 5.74) is 1.68. The van der Waals surface area contributed by atoms with Crippen molar-refractivity contribution < 1.29 is 19.0 Å². The third-order valence-corrected chi connectivity index (χ3v) is 4.63. The molecule has 0 amide bonds. The molecule has 134 valence electrons. The van der Waals surface area contributed by atoms with E-state index in [1.165, 1.54) is 11.3 Å². The van der Waals surface area contributed by atoms with Crippen LogP contribution >= 0.6 is 11.3 Å². The highest BCUT2D eigenvalue weighted by atomic mass is 32.1. The van der Waals surface area contributed by atoms with Crippen LogP contribution < -0.4 is 5.32 Å². The summed E-state index contributed by atoms with van der Waals surface area (Å²) in [6, 6.07) is 9.80. The molecule has 0 aliphatic carbocycles. The third-order valence-electron chi connectivity index (χ3n) is 3.83. The first-order valence-corrected chi connectivity index (χ1v) is 9.25. The maximum absolute atomic E-state index is 12.0. The number of esters is 1. The molecule has 7 heteroatoms. The predicted molar refractivity (Wildman–Crippen MR) is 96.0 cm³/mol. The molecule has 1 N–H and O–H groups in total. The Kier molecular flexibility index (Phi) is 6.38. The molecule has 2 atom stereocenters. The minimum Gasteiger partial charge on any atom is -0.457 e. The Morgan fingerprint density at radius 3 is 3.04 bits per heavy atom. The second-order valence-corrected chi connectivity index (χ2v) is 6.71. The van der Waals surface area contributed by atoms with E-state index in [9.17, 15) is 4.79 Å². The van der Waals surface area contributed by atoms with Gasteiger partial charge in [-0.3, -0.25) is 0 Å². The van der Waals surface area contributed by atoms with Crippen molar-refractivity contribution in [3.05, 3.63) is 41.4 Å². The Hall–Kier alpha value is -1.96. The second kappa shape index (κ2) is 8.94. The molecule has 6 nitrogen and oxygen atoms in total. The molecule has 1 fully saturated rings. The number of hydrogen-bond acceptors (Lipinski definition) is 7. The van der Waals surface area contributed by atoms with Crippen LogP contribution in [0.2, 0.25) is 0 Å². The normalized spacial score (nSPS) is 18.0. The van der Waals surface area contributed by atoms with Crippen LogP contribution in [0.15, 0.2) is 35.7 Å². The third kappa shape index (κ3) is 5.52. The lowest BCUT2D eigenvalue weighted by Gasteiger charge is -2.15. The molecule has 0 saturated carbocycles. The second-order valence-electron chi connectivity index (χ2n) is 5.85. The van der Waals surface area contributed by atoms with Crippen LogP contribution in [-0.4, -0.2) is 36.4 Å². The maximum atomic E-state index is 12.0. The molecule has 1 saturated heterocycles. The minimum absolute atomic E-state index is 0.0976. The van der Waals surface area contributed by atoms with E-state index in [0.29, 0.717) is 12.3 Å². The summed E-state index contributed by atoms with van der Waals surface area (Å²) in [7, 11) is 0. The Bertz CT molecular complexity index is 671. The SMILES string of the molecule is CC(OCC1CCCO1)C(=O)OCc1csc(Nc2ccccc2)n1. The first-order chi connectivity index (χ1) is 12.2. The Morgan fingerprint density at radius 2 is 2.28 bits per heavy atom. The van der Waals surface area contributed by atoms with E-state index in [1.54, 1.807) is 6.92 Å². The zero-order chi connectivity index (χ0) is 17.5. The topological polar surface area (TPSA) is 69.7 Å².